The predicted octanol–water partition coefficient (Wildman–Crippen LogP) is 1.55. The van der Waals surface area contributed by atoms with Crippen molar-refractivity contribution in [2.75, 3.05) is 39.9 Å². The molecule has 2 rings (SSSR count). The highest BCUT2D eigenvalue weighted by atomic mass is 16.5. The fourth-order valence-corrected chi connectivity index (χ4v) is 3.79. The predicted molar refractivity (Wildman–Crippen MR) is 98.2 cm³/mol. The average Bonchev–Trinajstić information content (AvgIpc) is 2.64. The van der Waals surface area contributed by atoms with Crippen LogP contribution >= 0.6 is 0 Å². The molecular weight excluding hydrogens is 318 g/mol. The summed E-state index contributed by atoms with van der Waals surface area (Å²) in [7, 11) is 1.80. The maximum Gasteiger partial charge on any atom is 0.245 e. The molecule has 25 heavy (non-hydrogen) atoms. The summed E-state index contributed by atoms with van der Waals surface area (Å²) in [4.78, 5) is 27.8. The molecule has 2 atom stereocenters. The van der Waals surface area contributed by atoms with Gasteiger partial charge in [-0.3, -0.25) is 9.59 Å². The topological polar surface area (TPSA) is 70.7 Å². The van der Waals surface area contributed by atoms with Gasteiger partial charge in [-0.05, 0) is 44.7 Å². The maximum absolute atomic E-state index is 13.2. The highest BCUT2D eigenvalue weighted by molar-refractivity contribution is 5.90. The van der Waals surface area contributed by atoms with Crippen LogP contribution in [0.15, 0.2) is 0 Å². The summed E-state index contributed by atoms with van der Waals surface area (Å²) < 4.78 is 5.68. The molecule has 2 saturated heterocycles. The molecule has 6 nitrogen and oxygen atoms in total. The van der Waals surface area contributed by atoms with Crippen LogP contribution in [0.3, 0.4) is 0 Å². The molecule has 0 aromatic carbocycles. The Morgan fingerprint density at radius 1 is 1.20 bits per heavy atom. The first kappa shape index (κ1) is 20.2. The molecular formula is C19H35N3O3. The summed E-state index contributed by atoms with van der Waals surface area (Å²) in [5, 5.41) is 6.50. The van der Waals surface area contributed by atoms with E-state index in [0.717, 1.165) is 51.6 Å². The van der Waals surface area contributed by atoms with Crippen molar-refractivity contribution in [2.45, 2.75) is 58.4 Å². The van der Waals surface area contributed by atoms with Gasteiger partial charge in [0, 0.05) is 20.2 Å². The van der Waals surface area contributed by atoms with Gasteiger partial charge in [0.15, 0.2) is 0 Å². The van der Waals surface area contributed by atoms with Crippen LogP contribution in [0.25, 0.3) is 0 Å². The summed E-state index contributed by atoms with van der Waals surface area (Å²) in [5.41, 5.74) is -0.343. The molecule has 0 aliphatic carbocycles. The Balaban J connectivity index is 2.23. The molecule has 0 aromatic rings. The molecule has 2 heterocycles. The van der Waals surface area contributed by atoms with Gasteiger partial charge in [-0.25, -0.2) is 0 Å². The first-order chi connectivity index (χ1) is 12.0. The number of ether oxygens (including phenoxy) is 1. The summed E-state index contributed by atoms with van der Waals surface area (Å²) >= 11 is 0. The summed E-state index contributed by atoms with van der Waals surface area (Å²) in [6.07, 6.45) is 5.38. The van der Waals surface area contributed by atoms with Crippen LogP contribution in [-0.4, -0.2) is 62.7 Å². The normalized spacial score (nSPS) is 27.8. The lowest BCUT2D eigenvalue weighted by Gasteiger charge is -2.38. The minimum atomic E-state index is -0.449. The second-order valence-corrected chi connectivity index (χ2v) is 7.70. The van der Waals surface area contributed by atoms with E-state index in [0.29, 0.717) is 19.8 Å². The third-order valence-electron chi connectivity index (χ3n) is 5.95. The van der Waals surface area contributed by atoms with Crippen molar-refractivity contribution in [3.8, 4) is 0 Å². The van der Waals surface area contributed by atoms with Crippen LogP contribution in [0.2, 0.25) is 0 Å². The first-order valence-electron chi connectivity index (χ1n) is 9.84. The second kappa shape index (κ2) is 9.53. The Morgan fingerprint density at radius 2 is 1.92 bits per heavy atom. The van der Waals surface area contributed by atoms with Gasteiger partial charge in [0.05, 0.1) is 12.0 Å². The minimum absolute atomic E-state index is 0.00497. The SMILES string of the molecule is CC[C@H](C)[C@@H]1NC(=O)C2(CCCCOCCN(C)C1=O)CCNCC2. The van der Waals surface area contributed by atoms with E-state index >= 15 is 0 Å². The van der Waals surface area contributed by atoms with Crippen molar-refractivity contribution in [3.05, 3.63) is 0 Å². The van der Waals surface area contributed by atoms with Gasteiger partial charge < -0.3 is 20.3 Å². The number of hydrogen-bond donors (Lipinski definition) is 2. The highest BCUT2D eigenvalue weighted by Gasteiger charge is 2.41. The standard InChI is InChI=1S/C19H35N3O3/c1-4-15(2)16-17(23)22(3)12-14-25-13-6-5-7-19(18(24)21-16)8-10-20-11-9-19/h15-16,20H,4-14H2,1-3H3,(H,21,24)/t15-,16-/m0/s1. The number of carbonyl (C=O) groups excluding carboxylic acids is 2. The zero-order valence-corrected chi connectivity index (χ0v) is 16.1. The van der Waals surface area contributed by atoms with Gasteiger partial charge in [-0.15, -0.1) is 0 Å². The van der Waals surface area contributed by atoms with E-state index in [1.807, 2.05) is 6.92 Å². The molecule has 6 heteroatoms. The Labute approximate surface area is 152 Å². The molecule has 0 aromatic heterocycles. The van der Waals surface area contributed by atoms with Crippen molar-refractivity contribution in [1.29, 1.82) is 0 Å². The molecule has 2 amide bonds. The lowest BCUT2D eigenvalue weighted by Crippen LogP contribution is -2.56. The Bertz CT molecular complexity index is 449. The number of nitrogens with one attached hydrogen (secondary N) is 2. The third kappa shape index (κ3) is 5.17. The van der Waals surface area contributed by atoms with E-state index in [2.05, 4.69) is 17.6 Å². The van der Waals surface area contributed by atoms with Gasteiger partial charge in [-0.1, -0.05) is 26.7 Å². The van der Waals surface area contributed by atoms with Crippen molar-refractivity contribution in [1.82, 2.24) is 15.5 Å². The number of carbonyl (C=O) groups is 2. The van der Waals surface area contributed by atoms with Gasteiger partial charge in [0.25, 0.3) is 0 Å². The van der Waals surface area contributed by atoms with Gasteiger partial charge >= 0.3 is 0 Å². The third-order valence-corrected chi connectivity index (χ3v) is 5.95. The molecule has 0 saturated carbocycles. The van der Waals surface area contributed by atoms with Crippen LogP contribution in [0.4, 0.5) is 0 Å². The Morgan fingerprint density at radius 3 is 2.60 bits per heavy atom. The van der Waals surface area contributed by atoms with E-state index in [9.17, 15) is 9.59 Å². The van der Waals surface area contributed by atoms with Crippen LogP contribution in [0, 0.1) is 11.3 Å². The number of amides is 2. The minimum Gasteiger partial charge on any atom is -0.380 e. The van der Waals surface area contributed by atoms with E-state index in [1.165, 1.54) is 0 Å². The Kier molecular flexibility index (Phi) is 7.69. The number of rotatable bonds is 2. The Hall–Kier alpha value is -1.14. The molecule has 0 unspecified atom stereocenters. The van der Waals surface area contributed by atoms with Crippen LogP contribution in [0.1, 0.15) is 52.4 Å². The van der Waals surface area contributed by atoms with Gasteiger partial charge in [0.1, 0.15) is 6.04 Å². The number of hydrogen-bond acceptors (Lipinski definition) is 4. The fourth-order valence-electron chi connectivity index (χ4n) is 3.79. The van der Waals surface area contributed by atoms with Crippen LogP contribution in [0.5, 0.6) is 0 Å². The molecule has 2 N–H and O–H groups in total. The highest BCUT2D eigenvalue weighted by Crippen LogP contribution is 2.35. The molecule has 2 aliphatic heterocycles. The van der Waals surface area contributed by atoms with Crippen LogP contribution in [-0.2, 0) is 14.3 Å². The molecule has 2 aliphatic rings. The zero-order valence-electron chi connectivity index (χ0n) is 16.1. The second-order valence-electron chi connectivity index (χ2n) is 7.70. The number of nitrogens with zero attached hydrogens (tertiary/aromatic N) is 1. The molecule has 0 bridgehead atoms. The smallest absolute Gasteiger partial charge is 0.245 e. The van der Waals surface area contributed by atoms with Crippen molar-refractivity contribution < 1.29 is 14.3 Å². The zero-order chi connectivity index (χ0) is 18.3. The lowest BCUT2D eigenvalue weighted by molar-refractivity contribution is -0.141. The molecule has 0 radical (unpaired) electrons. The fraction of sp³-hybridized carbons (Fsp3) is 0.895. The molecule has 144 valence electrons. The van der Waals surface area contributed by atoms with E-state index in [4.69, 9.17) is 4.74 Å². The number of piperidine rings is 1. The van der Waals surface area contributed by atoms with E-state index < -0.39 is 6.04 Å². The molecule has 2 fully saturated rings. The first-order valence-corrected chi connectivity index (χ1v) is 9.84. The van der Waals surface area contributed by atoms with Gasteiger partial charge in [0.2, 0.25) is 11.8 Å². The van der Waals surface area contributed by atoms with Gasteiger partial charge in [-0.2, -0.15) is 0 Å². The summed E-state index contributed by atoms with van der Waals surface area (Å²) in [6, 6.07) is -0.449. The van der Waals surface area contributed by atoms with Crippen molar-refractivity contribution in [3.63, 3.8) is 0 Å². The van der Waals surface area contributed by atoms with Crippen molar-refractivity contribution in [2.24, 2.45) is 11.3 Å². The number of likely N-dealkylation sites (N-methyl/N-ethyl adjacent to an activating group) is 1. The average molecular weight is 354 g/mol. The van der Waals surface area contributed by atoms with Crippen LogP contribution < -0.4 is 10.6 Å². The monoisotopic (exact) mass is 353 g/mol. The quantitative estimate of drug-likeness (QED) is 0.790. The van der Waals surface area contributed by atoms with E-state index in [-0.39, 0.29) is 23.1 Å². The van der Waals surface area contributed by atoms with Crippen molar-refractivity contribution >= 4 is 11.8 Å². The maximum atomic E-state index is 13.2. The summed E-state index contributed by atoms with van der Waals surface area (Å²) in [6.45, 7) is 7.66. The summed E-state index contributed by atoms with van der Waals surface area (Å²) in [5.74, 6) is 0.180. The van der Waals surface area contributed by atoms with E-state index in [1.54, 1.807) is 11.9 Å². The lowest BCUT2D eigenvalue weighted by atomic mass is 9.73. The molecule has 1 spiro atoms. The largest absolute Gasteiger partial charge is 0.380 e.